The summed E-state index contributed by atoms with van der Waals surface area (Å²) in [6.07, 6.45) is 4.23. The van der Waals surface area contributed by atoms with Crippen molar-refractivity contribution in [2.75, 3.05) is 25.0 Å². The van der Waals surface area contributed by atoms with Gasteiger partial charge in [-0.15, -0.1) is 0 Å². The van der Waals surface area contributed by atoms with Crippen LogP contribution in [0.1, 0.15) is 37.3 Å². The largest absolute Gasteiger partial charge is 0.372 e. The first-order valence-electron chi connectivity index (χ1n) is 11.4. The highest BCUT2D eigenvalue weighted by molar-refractivity contribution is 6.25. The number of nitriles is 2. The van der Waals surface area contributed by atoms with E-state index in [1.54, 1.807) is 6.07 Å². The fraction of sp³-hybridized carbons (Fsp3) is 0.286. The number of nitrogens with zero attached hydrogens (tertiary/aromatic N) is 5. The van der Waals surface area contributed by atoms with Gasteiger partial charge >= 0.3 is 0 Å². The number of allylic oxidation sites excluding steroid dienone is 2. The molecule has 0 aromatic heterocycles. The van der Waals surface area contributed by atoms with Gasteiger partial charge in [-0.25, -0.2) is 10.1 Å². The molecule has 0 atom stereocenters. The number of benzene rings is 2. The summed E-state index contributed by atoms with van der Waals surface area (Å²) < 4.78 is 0. The Labute approximate surface area is 201 Å². The lowest BCUT2D eigenvalue weighted by Gasteiger charge is -2.25. The van der Waals surface area contributed by atoms with Gasteiger partial charge in [0.05, 0.1) is 29.5 Å². The van der Waals surface area contributed by atoms with Gasteiger partial charge in [0, 0.05) is 25.8 Å². The van der Waals surface area contributed by atoms with Gasteiger partial charge in [-0.3, -0.25) is 4.79 Å². The topological polar surface area (TPSA) is 75.5 Å². The third kappa shape index (κ3) is 5.17. The number of carbonyl (C=O) groups excluding carboxylic acids is 1. The van der Waals surface area contributed by atoms with E-state index in [9.17, 15) is 15.3 Å². The molecule has 6 nitrogen and oxygen atoms in total. The Balaban J connectivity index is 1.86. The third-order valence-corrected chi connectivity index (χ3v) is 5.93. The van der Waals surface area contributed by atoms with Crippen molar-refractivity contribution >= 4 is 17.2 Å². The first-order valence-corrected chi connectivity index (χ1v) is 11.4. The van der Waals surface area contributed by atoms with E-state index in [1.165, 1.54) is 17.5 Å². The average Bonchev–Trinajstić information content (AvgIpc) is 3.12. The molecule has 0 radical (unpaired) electrons. The van der Waals surface area contributed by atoms with Crippen molar-refractivity contribution in [1.29, 1.82) is 10.5 Å². The summed E-state index contributed by atoms with van der Waals surface area (Å²) in [4.78, 5) is 19.7. The number of anilines is 1. The van der Waals surface area contributed by atoms with Gasteiger partial charge in [0.15, 0.2) is 0 Å². The average molecular weight is 450 g/mol. The second-order valence-corrected chi connectivity index (χ2v) is 8.12. The van der Waals surface area contributed by atoms with E-state index in [-0.39, 0.29) is 28.4 Å². The van der Waals surface area contributed by atoms with Crippen molar-refractivity contribution in [2.45, 2.75) is 32.6 Å². The lowest BCUT2D eigenvalue weighted by Crippen LogP contribution is -2.26. The summed E-state index contributed by atoms with van der Waals surface area (Å²) in [5.74, 6) is -0.388. The second-order valence-electron chi connectivity index (χ2n) is 8.12. The van der Waals surface area contributed by atoms with Crippen LogP contribution in [0, 0.1) is 29.2 Å². The SMILES string of the molecule is [C-]#[N+]/C(C#N)=C1/C(C#N)=C(c2ccc(N(CCCC)CCCc3ccccc3)cc2)C(=O)N1C. The number of hydrogen-bond donors (Lipinski definition) is 0. The fourth-order valence-electron chi connectivity index (χ4n) is 4.12. The van der Waals surface area contributed by atoms with Gasteiger partial charge in [-0.05, 0) is 42.5 Å². The highest BCUT2D eigenvalue weighted by Crippen LogP contribution is 2.36. The van der Waals surface area contributed by atoms with Crippen LogP contribution in [-0.4, -0.2) is 30.9 Å². The minimum absolute atomic E-state index is 0.0681. The maximum atomic E-state index is 12.9. The van der Waals surface area contributed by atoms with Crippen molar-refractivity contribution < 1.29 is 4.79 Å². The van der Waals surface area contributed by atoms with E-state index in [0.717, 1.165) is 44.5 Å². The van der Waals surface area contributed by atoms with Crippen LogP contribution < -0.4 is 4.90 Å². The van der Waals surface area contributed by atoms with Gasteiger partial charge < -0.3 is 9.80 Å². The molecule has 0 saturated carbocycles. The van der Waals surface area contributed by atoms with E-state index in [4.69, 9.17) is 6.57 Å². The van der Waals surface area contributed by atoms with Crippen molar-refractivity contribution in [3.8, 4) is 12.1 Å². The molecule has 0 aliphatic carbocycles. The molecule has 1 amide bonds. The number of amides is 1. The highest BCUT2D eigenvalue weighted by Gasteiger charge is 2.35. The number of unbranched alkanes of at least 4 members (excludes halogenated alkanes) is 1. The maximum absolute atomic E-state index is 12.9. The number of likely N-dealkylation sites (N-methyl/N-ethyl adjacent to an activating group) is 1. The minimum Gasteiger partial charge on any atom is -0.372 e. The molecule has 0 unspecified atom stereocenters. The number of hydrogen-bond acceptors (Lipinski definition) is 4. The van der Waals surface area contributed by atoms with Gasteiger partial charge in [0.25, 0.3) is 11.6 Å². The normalized spacial score (nSPS) is 14.4. The van der Waals surface area contributed by atoms with E-state index < -0.39 is 0 Å². The quantitative estimate of drug-likeness (QED) is 0.383. The molecule has 0 fully saturated rings. The van der Waals surface area contributed by atoms with Crippen LogP contribution in [0.25, 0.3) is 10.4 Å². The zero-order valence-corrected chi connectivity index (χ0v) is 19.6. The lowest BCUT2D eigenvalue weighted by atomic mass is 10.0. The van der Waals surface area contributed by atoms with E-state index in [2.05, 4.69) is 40.9 Å². The zero-order chi connectivity index (χ0) is 24.5. The number of aryl methyl sites for hydroxylation is 1. The van der Waals surface area contributed by atoms with Crippen LogP contribution in [0.3, 0.4) is 0 Å². The molecule has 1 aliphatic rings. The standard InChI is InChI=1S/C28H27N5O/c1-4-5-17-33(18-9-12-21-10-7-6-8-11-21)23-15-13-22(14-16-23)26-24(19-29)27(25(20-30)31-2)32(3)28(26)34/h6-8,10-11,13-16H,4-5,9,12,17-18H2,1,3H3/b27-25-. The van der Waals surface area contributed by atoms with Gasteiger partial charge in [0.2, 0.25) is 0 Å². The Morgan fingerprint density at radius 2 is 1.74 bits per heavy atom. The van der Waals surface area contributed by atoms with Crippen LogP contribution >= 0.6 is 0 Å². The number of carbonyl (C=O) groups is 1. The summed E-state index contributed by atoms with van der Waals surface area (Å²) in [6.45, 7) is 11.3. The molecule has 34 heavy (non-hydrogen) atoms. The molecule has 0 bridgehead atoms. The Morgan fingerprint density at radius 3 is 2.32 bits per heavy atom. The molecular formula is C28H27N5O. The summed E-state index contributed by atoms with van der Waals surface area (Å²) in [5, 5.41) is 19.0. The van der Waals surface area contributed by atoms with E-state index in [1.807, 2.05) is 36.4 Å². The smallest absolute Gasteiger partial charge is 0.286 e. The molecule has 2 aromatic rings. The molecule has 3 rings (SSSR count). The number of rotatable bonds is 9. The molecule has 0 saturated heterocycles. The zero-order valence-electron chi connectivity index (χ0n) is 19.6. The van der Waals surface area contributed by atoms with Gasteiger partial charge in [0.1, 0.15) is 6.07 Å². The molecule has 2 aromatic carbocycles. The maximum Gasteiger partial charge on any atom is 0.286 e. The fourth-order valence-corrected chi connectivity index (χ4v) is 4.12. The predicted octanol–water partition coefficient (Wildman–Crippen LogP) is 5.33. The van der Waals surface area contributed by atoms with Crippen molar-refractivity contribution in [1.82, 2.24) is 4.90 Å². The molecule has 0 N–H and O–H groups in total. The molecule has 6 heteroatoms. The molecule has 0 spiro atoms. The van der Waals surface area contributed by atoms with Crippen molar-refractivity contribution in [3.63, 3.8) is 0 Å². The Hall–Kier alpha value is -4.34. The van der Waals surface area contributed by atoms with Crippen LogP contribution in [0.2, 0.25) is 0 Å². The second kappa shape index (κ2) is 11.5. The molecule has 1 aliphatic heterocycles. The molecule has 1 heterocycles. The summed E-state index contributed by atoms with van der Waals surface area (Å²) in [5.41, 5.74) is 3.11. The summed E-state index contributed by atoms with van der Waals surface area (Å²) >= 11 is 0. The van der Waals surface area contributed by atoms with Crippen LogP contribution in [0.5, 0.6) is 0 Å². The molecule has 170 valence electrons. The Morgan fingerprint density at radius 1 is 1.06 bits per heavy atom. The Bertz CT molecular complexity index is 1200. The summed E-state index contributed by atoms with van der Waals surface area (Å²) in [6, 6.07) is 21.9. The Kier molecular flexibility index (Phi) is 8.22. The highest BCUT2D eigenvalue weighted by atomic mass is 16.2. The van der Waals surface area contributed by atoms with Gasteiger partial charge in [-0.1, -0.05) is 55.8 Å². The van der Waals surface area contributed by atoms with E-state index >= 15 is 0 Å². The molecular weight excluding hydrogens is 422 g/mol. The van der Waals surface area contributed by atoms with Gasteiger partial charge in [-0.2, -0.15) is 5.26 Å². The van der Waals surface area contributed by atoms with Crippen LogP contribution in [0.4, 0.5) is 5.69 Å². The first-order chi connectivity index (χ1) is 16.5. The predicted molar refractivity (Wildman–Crippen MR) is 133 cm³/mol. The van der Waals surface area contributed by atoms with Crippen molar-refractivity contribution in [2.24, 2.45) is 0 Å². The summed E-state index contributed by atoms with van der Waals surface area (Å²) in [7, 11) is 1.48. The van der Waals surface area contributed by atoms with Crippen LogP contribution in [0.15, 0.2) is 71.6 Å². The monoisotopic (exact) mass is 449 g/mol. The van der Waals surface area contributed by atoms with E-state index in [0.29, 0.717) is 5.56 Å². The first kappa shape index (κ1) is 24.3. The van der Waals surface area contributed by atoms with Crippen LogP contribution in [-0.2, 0) is 11.2 Å². The lowest BCUT2D eigenvalue weighted by molar-refractivity contribution is -0.121. The van der Waals surface area contributed by atoms with Crippen molar-refractivity contribution in [3.05, 3.63) is 94.1 Å². The minimum atomic E-state index is -0.388. The third-order valence-electron chi connectivity index (χ3n) is 5.93.